The molecule has 180 valence electrons. The highest BCUT2D eigenvalue weighted by atomic mass is 19.1. The summed E-state index contributed by atoms with van der Waals surface area (Å²) in [6.07, 6.45) is 7.95. The minimum atomic E-state index is -0.971. The first-order valence-electron chi connectivity index (χ1n) is 12.4. The van der Waals surface area contributed by atoms with Gasteiger partial charge in [0.05, 0.1) is 17.8 Å². The van der Waals surface area contributed by atoms with E-state index in [9.17, 15) is 14.7 Å². The van der Waals surface area contributed by atoms with Gasteiger partial charge in [-0.25, -0.2) is 9.59 Å². The molecule has 1 heterocycles. The van der Waals surface area contributed by atoms with E-state index < -0.39 is 5.97 Å². The van der Waals surface area contributed by atoms with Crippen molar-refractivity contribution in [3.05, 3.63) is 81.8 Å². The lowest BCUT2D eigenvalue weighted by Crippen LogP contribution is -2.29. The quantitative estimate of drug-likeness (QED) is 0.415. The number of halogens is 1. The molecule has 0 amide bonds. The van der Waals surface area contributed by atoms with E-state index in [4.69, 9.17) is 0 Å². The van der Waals surface area contributed by atoms with Gasteiger partial charge in [0, 0.05) is 6.54 Å². The van der Waals surface area contributed by atoms with E-state index in [0.717, 1.165) is 49.7 Å². The summed E-state index contributed by atoms with van der Waals surface area (Å²) < 4.78 is 18.4. The number of carbonyl (C=O) groups is 1. The molecule has 0 aliphatic heterocycles. The van der Waals surface area contributed by atoms with E-state index in [2.05, 4.69) is 6.92 Å². The topological polar surface area (TPSA) is 64.2 Å². The lowest BCUT2D eigenvalue weighted by molar-refractivity contribution is 0.0697. The lowest BCUT2D eigenvalue weighted by atomic mass is 9.89. The molecule has 2 aromatic carbocycles. The summed E-state index contributed by atoms with van der Waals surface area (Å²) in [7, 11) is 0. The monoisotopic (exact) mass is 464 g/mol. The minimum Gasteiger partial charge on any atom is -0.478 e. The Morgan fingerprint density at radius 1 is 1.03 bits per heavy atom. The summed E-state index contributed by atoms with van der Waals surface area (Å²) in [5, 5.41) is 9.48. The van der Waals surface area contributed by atoms with Crippen LogP contribution in [0.5, 0.6) is 0 Å². The van der Waals surface area contributed by atoms with Crippen LogP contribution in [0.25, 0.3) is 11.1 Å². The molecular weight excluding hydrogens is 431 g/mol. The van der Waals surface area contributed by atoms with Crippen LogP contribution in [0.1, 0.15) is 73.5 Å². The number of aromatic carboxylic acids is 1. The molecule has 34 heavy (non-hydrogen) atoms. The van der Waals surface area contributed by atoms with Gasteiger partial charge in [0.2, 0.25) is 5.95 Å². The van der Waals surface area contributed by atoms with Crippen molar-refractivity contribution in [1.29, 1.82) is 0 Å². The van der Waals surface area contributed by atoms with Crippen molar-refractivity contribution >= 4 is 5.97 Å². The summed E-state index contributed by atoms with van der Waals surface area (Å²) in [4.78, 5) is 24.8. The Bertz CT molecular complexity index is 1190. The predicted octanol–water partition coefficient (Wildman–Crippen LogP) is 6.13. The van der Waals surface area contributed by atoms with Gasteiger partial charge in [0.15, 0.2) is 0 Å². The highest BCUT2D eigenvalue weighted by Gasteiger charge is 2.23. The number of carboxylic acids is 1. The van der Waals surface area contributed by atoms with E-state index in [0.29, 0.717) is 36.7 Å². The van der Waals surface area contributed by atoms with Gasteiger partial charge >= 0.3 is 11.7 Å². The Morgan fingerprint density at radius 3 is 2.41 bits per heavy atom. The zero-order chi connectivity index (χ0) is 24.1. The smallest absolute Gasteiger partial charge is 0.336 e. The van der Waals surface area contributed by atoms with Gasteiger partial charge in [0.1, 0.15) is 0 Å². The molecule has 6 heteroatoms. The Hall–Kier alpha value is -3.15. The zero-order valence-electron chi connectivity index (χ0n) is 19.8. The van der Waals surface area contributed by atoms with E-state index in [1.807, 2.05) is 30.3 Å². The van der Waals surface area contributed by atoms with Gasteiger partial charge < -0.3 is 5.11 Å². The highest BCUT2D eigenvalue weighted by Crippen LogP contribution is 2.27. The predicted molar refractivity (Wildman–Crippen MR) is 132 cm³/mol. The minimum absolute atomic E-state index is 0.246. The van der Waals surface area contributed by atoms with Gasteiger partial charge in [-0.05, 0) is 54.4 Å². The van der Waals surface area contributed by atoms with Crippen LogP contribution in [0.4, 0.5) is 4.39 Å². The third-order valence-corrected chi connectivity index (χ3v) is 6.96. The van der Waals surface area contributed by atoms with Crippen molar-refractivity contribution in [2.24, 2.45) is 5.92 Å². The van der Waals surface area contributed by atoms with Gasteiger partial charge in [-0.15, -0.1) is 0 Å². The standard InChI is InChI=1S/C28H33FN2O3/c1-2-3-13-25-26(29)31(19-20-9-5-4-6-10-20)28(34)30(25)18-21-14-16-22(17-15-21)23-11-7-8-12-24(23)27(32)33/h7-8,11-12,14-17,20H,2-6,9-10,13,18-19H2,1H3,(H,32,33). The molecule has 0 atom stereocenters. The molecule has 1 N–H and O–H groups in total. The lowest BCUT2D eigenvalue weighted by Gasteiger charge is -2.21. The van der Waals surface area contributed by atoms with Crippen LogP contribution in [0, 0.1) is 11.9 Å². The summed E-state index contributed by atoms with van der Waals surface area (Å²) >= 11 is 0. The maximum Gasteiger partial charge on any atom is 0.336 e. The number of imidazole rings is 1. The molecule has 3 aromatic rings. The van der Waals surface area contributed by atoms with Gasteiger partial charge in [-0.2, -0.15) is 4.39 Å². The molecule has 0 radical (unpaired) electrons. The maximum atomic E-state index is 15.4. The van der Waals surface area contributed by atoms with Gasteiger partial charge in [-0.3, -0.25) is 9.13 Å². The fourth-order valence-corrected chi connectivity index (χ4v) is 5.04. The molecule has 0 unspecified atom stereocenters. The third-order valence-electron chi connectivity index (χ3n) is 6.96. The molecule has 0 bridgehead atoms. The number of rotatable bonds is 9. The Balaban J connectivity index is 1.62. The SMILES string of the molecule is CCCCc1c(F)n(CC2CCCCC2)c(=O)n1Cc1ccc(-c2ccccc2C(=O)O)cc1. The number of hydrogen-bond donors (Lipinski definition) is 1. The normalized spacial score (nSPS) is 14.4. The van der Waals surface area contributed by atoms with Crippen LogP contribution in [-0.4, -0.2) is 20.2 Å². The molecule has 5 nitrogen and oxygen atoms in total. The second-order valence-electron chi connectivity index (χ2n) is 9.37. The summed E-state index contributed by atoms with van der Waals surface area (Å²) in [5.41, 5.74) is 2.78. The Labute approximate surface area is 199 Å². The Morgan fingerprint density at radius 2 is 1.74 bits per heavy atom. The van der Waals surface area contributed by atoms with Crippen molar-refractivity contribution in [3.63, 3.8) is 0 Å². The van der Waals surface area contributed by atoms with Crippen LogP contribution < -0.4 is 5.69 Å². The molecule has 1 fully saturated rings. The molecule has 1 aromatic heterocycles. The van der Waals surface area contributed by atoms with Crippen LogP contribution in [-0.2, 0) is 19.5 Å². The first-order valence-corrected chi connectivity index (χ1v) is 12.4. The molecular formula is C28H33FN2O3. The van der Waals surface area contributed by atoms with Crippen molar-refractivity contribution in [3.8, 4) is 11.1 Å². The van der Waals surface area contributed by atoms with Crippen molar-refractivity contribution < 1.29 is 14.3 Å². The summed E-state index contributed by atoms with van der Waals surface area (Å²) in [6.45, 7) is 2.82. The summed E-state index contributed by atoms with van der Waals surface area (Å²) in [6, 6.07) is 14.4. The van der Waals surface area contributed by atoms with Crippen molar-refractivity contribution in [1.82, 2.24) is 9.13 Å². The van der Waals surface area contributed by atoms with Crippen molar-refractivity contribution in [2.75, 3.05) is 0 Å². The van der Waals surface area contributed by atoms with Crippen LogP contribution in [0.3, 0.4) is 0 Å². The van der Waals surface area contributed by atoms with Gasteiger partial charge in [0.25, 0.3) is 0 Å². The maximum absolute atomic E-state index is 15.4. The van der Waals surface area contributed by atoms with Crippen LogP contribution >= 0.6 is 0 Å². The first-order chi connectivity index (χ1) is 16.5. The molecule has 4 rings (SSSR count). The number of hydrogen-bond acceptors (Lipinski definition) is 2. The van der Waals surface area contributed by atoms with Crippen LogP contribution in [0.2, 0.25) is 0 Å². The fourth-order valence-electron chi connectivity index (χ4n) is 5.04. The number of unbranched alkanes of at least 4 members (excludes halogenated alkanes) is 1. The van der Waals surface area contributed by atoms with E-state index in [1.54, 1.807) is 22.8 Å². The number of nitrogens with zero attached hydrogens (tertiary/aromatic N) is 2. The average Bonchev–Trinajstić information content (AvgIpc) is 3.07. The van der Waals surface area contributed by atoms with E-state index in [1.165, 1.54) is 11.0 Å². The highest BCUT2D eigenvalue weighted by molar-refractivity contribution is 5.95. The molecule has 1 aliphatic carbocycles. The molecule has 1 aliphatic rings. The Kier molecular flexibility index (Phi) is 7.66. The molecule has 0 spiro atoms. The molecule has 1 saturated carbocycles. The van der Waals surface area contributed by atoms with Gasteiger partial charge in [-0.1, -0.05) is 75.1 Å². The summed E-state index contributed by atoms with van der Waals surface area (Å²) in [5.74, 6) is -0.984. The molecule has 0 saturated heterocycles. The fraction of sp³-hybridized carbons (Fsp3) is 0.429. The number of carboxylic acid groups (broad SMARTS) is 1. The van der Waals surface area contributed by atoms with E-state index >= 15 is 4.39 Å². The average molecular weight is 465 g/mol. The largest absolute Gasteiger partial charge is 0.478 e. The number of benzene rings is 2. The first kappa shape index (κ1) is 24.0. The van der Waals surface area contributed by atoms with E-state index in [-0.39, 0.29) is 17.2 Å². The second-order valence-corrected chi connectivity index (χ2v) is 9.37. The third kappa shape index (κ3) is 5.16. The van der Waals surface area contributed by atoms with Crippen molar-refractivity contribution in [2.45, 2.75) is 71.4 Å². The second kappa shape index (κ2) is 10.9. The number of aromatic nitrogens is 2. The van der Waals surface area contributed by atoms with Crippen LogP contribution in [0.15, 0.2) is 53.3 Å². The zero-order valence-corrected chi connectivity index (χ0v) is 19.8.